The average Bonchev–Trinajstić information content (AvgIpc) is 2.67. The van der Waals surface area contributed by atoms with Crippen LogP contribution >= 0.6 is 0 Å². The standard InChI is InChI=1S/C23H23FO/c1-2-3-4-18-5-7-19(8-6-18)17-25-23-15-11-21(12-16-23)20-9-13-22(24)14-10-20/h5-16H,2-4,17H2,1H3. The van der Waals surface area contributed by atoms with Crippen LogP contribution in [0.4, 0.5) is 4.39 Å². The first-order chi connectivity index (χ1) is 12.2. The van der Waals surface area contributed by atoms with Gasteiger partial charge in [-0.25, -0.2) is 4.39 Å². The molecule has 0 fully saturated rings. The Labute approximate surface area is 149 Å². The minimum absolute atomic E-state index is 0.218. The SMILES string of the molecule is CCCCc1ccc(COc2ccc(-c3ccc(F)cc3)cc2)cc1. The number of hydrogen-bond donors (Lipinski definition) is 0. The summed E-state index contributed by atoms with van der Waals surface area (Å²) >= 11 is 0. The smallest absolute Gasteiger partial charge is 0.123 e. The summed E-state index contributed by atoms with van der Waals surface area (Å²) in [4.78, 5) is 0. The van der Waals surface area contributed by atoms with E-state index in [1.54, 1.807) is 12.1 Å². The van der Waals surface area contributed by atoms with Crippen LogP contribution in [0, 0.1) is 5.82 Å². The molecule has 0 atom stereocenters. The molecule has 0 saturated heterocycles. The Kier molecular flexibility index (Phi) is 5.84. The minimum Gasteiger partial charge on any atom is -0.489 e. The molecule has 0 unspecified atom stereocenters. The van der Waals surface area contributed by atoms with Gasteiger partial charge in [0.1, 0.15) is 18.2 Å². The lowest BCUT2D eigenvalue weighted by atomic mass is 10.1. The fourth-order valence-electron chi connectivity index (χ4n) is 2.74. The highest BCUT2D eigenvalue weighted by Crippen LogP contribution is 2.23. The third kappa shape index (κ3) is 4.93. The Morgan fingerprint density at radius 3 is 1.88 bits per heavy atom. The summed E-state index contributed by atoms with van der Waals surface area (Å²) in [5.74, 6) is 0.616. The highest BCUT2D eigenvalue weighted by Gasteiger charge is 2.01. The summed E-state index contributed by atoms with van der Waals surface area (Å²) in [6.07, 6.45) is 3.59. The Morgan fingerprint density at radius 2 is 1.28 bits per heavy atom. The molecule has 0 bridgehead atoms. The normalized spacial score (nSPS) is 10.6. The molecule has 2 heteroatoms. The first kappa shape index (κ1) is 17.2. The molecule has 0 radical (unpaired) electrons. The second-order valence-corrected chi connectivity index (χ2v) is 6.24. The quantitative estimate of drug-likeness (QED) is 0.485. The van der Waals surface area contributed by atoms with Crippen LogP contribution in [0.25, 0.3) is 11.1 Å². The van der Waals surface area contributed by atoms with Crippen LogP contribution in [0.15, 0.2) is 72.8 Å². The summed E-state index contributed by atoms with van der Waals surface area (Å²) < 4.78 is 18.9. The maximum Gasteiger partial charge on any atom is 0.123 e. The van der Waals surface area contributed by atoms with Gasteiger partial charge in [-0.2, -0.15) is 0 Å². The number of ether oxygens (including phenoxy) is 1. The fourth-order valence-corrected chi connectivity index (χ4v) is 2.74. The number of hydrogen-bond acceptors (Lipinski definition) is 1. The molecular formula is C23H23FO. The highest BCUT2D eigenvalue weighted by atomic mass is 19.1. The van der Waals surface area contributed by atoms with Gasteiger partial charge in [0.25, 0.3) is 0 Å². The largest absolute Gasteiger partial charge is 0.489 e. The van der Waals surface area contributed by atoms with E-state index in [0.717, 1.165) is 23.3 Å². The first-order valence-corrected chi connectivity index (χ1v) is 8.81. The molecule has 3 rings (SSSR count). The molecule has 0 amide bonds. The zero-order valence-corrected chi connectivity index (χ0v) is 14.5. The maximum atomic E-state index is 13.0. The van der Waals surface area contributed by atoms with Gasteiger partial charge in [-0.3, -0.25) is 0 Å². The van der Waals surface area contributed by atoms with E-state index in [9.17, 15) is 4.39 Å². The Morgan fingerprint density at radius 1 is 0.720 bits per heavy atom. The molecule has 0 aliphatic heterocycles. The lowest BCUT2D eigenvalue weighted by Gasteiger charge is -2.08. The maximum absolute atomic E-state index is 13.0. The van der Waals surface area contributed by atoms with Crippen LogP contribution in [0.3, 0.4) is 0 Å². The van der Waals surface area contributed by atoms with Crippen LogP contribution in [-0.4, -0.2) is 0 Å². The fraction of sp³-hybridized carbons (Fsp3) is 0.217. The van der Waals surface area contributed by atoms with Crippen LogP contribution in [0.1, 0.15) is 30.9 Å². The number of benzene rings is 3. The first-order valence-electron chi connectivity index (χ1n) is 8.81. The zero-order chi connectivity index (χ0) is 17.5. The van der Waals surface area contributed by atoms with Crippen molar-refractivity contribution >= 4 is 0 Å². The van der Waals surface area contributed by atoms with E-state index in [1.165, 1.54) is 36.1 Å². The molecule has 0 aliphatic carbocycles. The van der Waals surface area contributed by atoms with E-state index in [4.69, 9.17) is 4.74 Å². The van der Waals surface area contributed by atoms with Gasteiger partial charge >= 0.3 is 0 Å². The number of halogens is 1. The summed E-state index contributed by atoms with van der Waals surface area (Å²) in [6, 6.07) is 23.1. The lowest BCUT2D eigenvalue weighted by Crippen LogP contribution is -1.96. The Balaban J connectivity index is 1.57. The molecule has 0 N–H and O–H groups in total. The van der Waals surface area contributed by atoms with Crippen molar-refractivity contribution < 1.29 is 9.13 Å². The molecule has 0 aliphatic rings. The Bertz CT molecular complexity index is 774. The monoisotopic (exact) mass is 334 g/mol. The average molecular weight is 334 g/mol. The zero-order valence-electron chi connectivity index (χ0n) is 14.5. The Hall–Kier alpha value is -2.61. The second-order valence-electron chi connectivity index (χ2n) is 6.24. The summed E-state index contributed by atoms with van der Waals surface area (Å²) in [6.45, 7) is 2.77. The van der Waals surface area contributed by atoms with Gasteiger partial charge in [0, 0.05) is 0 Å². The van der Waals surface area contributed by atoms with Gasteiger partial charge in [-0.05, 0) is 59.4 Å². The van der Waals surface area contributed by atoms with Crippen LogP contribution in [0.5, 0.6) is 5.75 Å². The third-order valence-electron chi connectivity index (χ3n) is 4.28. The predicted octanol–water partition coefficient (Wildman–Crippen LogP) is 6.41. The molecule has 0 heterocycles. The molecule has 25 heavy (non-hydrogen) atoms. The van der Waals surface area contributed by atoms with E-state index < -0.39 is 0 Å². The highest BCUT2D eigenvalue weighted by molar-refractivity contribution is 5.63. The van der Waals surface area contributed by atoms with Gasteiger partial charge in [0.2, 0.25) is 0 Å². The summed E-state index contributed by atoms with van der Waals surface area (Å²) in [5, 5.41) is 0. The van der Waals surface area contributed by atoms with Crippen molar-refractivity contribution in [2.75, 3.05) is 0 Å². The summed E-state index contributed by atoms with van der Waals surface area (Å²) in [7, 11) is 0. The third-order valence-corrected chi connectivity index (χ3v) is 4.28. The van der Waals surface area contributed by atoms with E-state index >= 15 is 0 Å². The molecular weight excluding hydrogens is 311 g/mol. The molecule has 0 saturated carbocycles. The van der Waals surface area contributed by atoms with Gasteiger partial charge in [0.15, 0.2) is 0 Å². The van der Waals surface area contributed by atoms with Crippen LogP contribution < -0.4 is 4.74 Å². The number of rotatable bonds is 7. The van der Waals surface area contributed by atoms with Crippen LogP contribution in [0.2, 0.25) is 0 Å². The van der Waals surface area contributed by atoms with E-state index in [1.807, 2.05) is 24.3 Å². The van der Waals surface area contributed by atoms with Gasteiger partial charge < -0.3 is 4.74 Å². The van der Waals surface area contributed by atoms with E-state index in [0.29, 0.717) is 6.61 Å². The number of unbranched alkanes of at least 4 members (excludes halogenated alkanes) is 1. The van der Waals surface area contributed by atoms with E-state index in [-0.39, 0.29) is 5.82 Å². The number of aryl methyl sites for hydroxylation is 1. The lowest BCUT2D eigenvalue weighted by molar-refractivity contribution is 0.306. The van der Waals surface area contributed by atoms with Crippen molar-refractivity contribution in [1.29, 1.82) is 0 Å². The van der Waals surface area contributed by atoms with Gasteiger partial charge in [-0.1, -0.05) is 61.9 Å². The topological polar surface area (TPSA) is 9.23 Å². The van der Waals surface area contributed by atoms with Crippen molar-refractivity contribution in [2.45, 2.75) is 32.8 Å². The van der Waals surface area contributed by atoms with Crippen molar-refractivity contribution in [3.8, 4) is 16.9 Å². The van der Waals surface area contributed by atoms with Crippen molar-refractivity contribution in [3.05, 3.63) is 89.7 Å². The molecule has 128 valence electrons. The van der Waals surface area contributed by atoms with E-state index in [2.05, 4.69) is 31.2 Å². The van der Waals surface area contributed by atoms with Gasteiger partial charge in [0.05, 0.1) is 0 Å². The molecule has 0 spiro atoms. The molecule has 3 aromatic rings. The minimum atomic E-state index is -0.218. The predicted molar refractivity (Wildman–Crippen MR) is 101 cm³/mol. The van der Waals surface area contributed by atoms with Gasteiger partial charge in [-0.15, -0.1) is 0 Å². The van der Waals surface area contributed by atoms with Crippen LogP contribution in [-0.2, 0) is 13.0 Å². The van der Waals surface area contributed by atoms with Crippen molar-refractivity contribution in [1.82, 2.24) is 0 Å². The molecule has 0 aromatic heterocycles. The van der Waals surface area contributed by atoms with Crippen molar-refractivity contribution in [2.24, 2.45) is 0 Å². The second kappa shape index (κ2) is 8.48. The molecule has 1 nitrogen and oxygen atoms in total. The molecule has 3 aromatic carbocycles. The summed E-state index contributed by atoms with van der Waals surface area (Å²) in [5.41, 5.74) is 4.60. The van der Waals surface area contributed by atoms with Crippen molar-refractivity contribution in [3.63, 3.8) is 0 Å².